The fraction of sp³-hybridized carbons (Fsp3) is 0.947. The van der Waals surface area contributed by atoms with Crippen LogP contribution in [0.1, 0.15) is 84.5 Å². The molecule has 128 valence electrons. The maximum atomic E-state index is 12.1. The van der Waals surface area contributed by atoms with Crippen LogP contribution < -0.4 is 0 Å². The third-order valence-electron chi connectivity index (χ3n) is 5.42. The molecule has 0 spiro atoms. The molecule has 2 aliphatic rings. The minimum atomic E-state index is -0.301. The van der Waals surface area contributed by atoms with Gasteiger partial charge in [0, 0.05) is 6.61 Å². The molecule has 3 nitrogen and oxygen atoms in total. The lowest BCUT2D eigenvalue weighted by Crippen LogP contribution is -2.41. The van der Waals surface area contributed by atoms with Gasteiger partial charge in [0.15, 0.2) is 6.10 Å². The van der Waals surface area contributed by atoms with Crippen molar-refractivity contribution in [3.8, 4) is 0 Å². The van der Waals surface area contributed by atoms with E-state index in [1.54, 1.807) is 0 Å². The van der Waals surface area contributed by atoms with Crippen LogP contribution in [0.2, 0.25) is 0 Å². The number of hydrogen-bond acceptors (Lipinski definition) is 3. The average molecular weight is 310 g/mol. The second kappa shape index (κ2) is 9.54. The van der Waals surface area contributed by atoms with Gasteiger partial charge in [-0.15, -0.1) is 0 Å². The lowest BCUT2D eigenvalue weighted by molar-refractivity contribution is -0.176. The van der Waals surface area contributed by atoms with Crippen molar-refractivity contribution >= 4 is 5.97 Å². The van der Waals surface area contributed by atoms with Crippen molar-refractivity contribution in [1.82, 2.24) is 0 Å². The van der Waals surface area contributed by atoms with E-state index < -0.39 is 0 Å². The van der Waals surface area contributed by atoms with Gasteiger partial charge in [0.1, 0.15) is 6.10 Å². The van der Waals surface area contributed by atoms with Gasteiger partial charge in [0.25, 0.3) is 0 Å². The number of cyclic esters (lactones) is 1. The minimum Gasteiger partial charge on any atom is -0.460 e. The van der Waals surface area contributed by atoms with Crippen molar-refractivity contribution in [2.75, 3.05) is 6.61 Å². The highest BCUT2D eigenvalue weighted by molar-refractivity contribution is 5.75. The number of carbonyl (C=O) groups is 1. The van der Waals surface area contributed by atoms with Crippen LogP contribution in [-0.2, 0) is 14.3 Å². The van der Waals surface area contributed by atoms with Crippen LogP contribution in [-0.4, -0.2) is 24.8 Å². The molecule has 0 aromatic carbocycles. The first-order chi connectivity index (χ1) is 10.7. The number of ether oxygens (including phenoxy) is 2. The summed E-state index contributed by atoms with van der Waals surface area (Å²) < 4.78 is 11.4. The molecular weight excluding hydrogens is 276 g/mol. The summed E-state index contributed by atoms with van der Waals surface area (Å²) in [6.45, 7) is 5.14. The standard InChI is InChI=1S/C19H34O3/c1-3-5-6-14-21-18-13-12-17(22-19(18)20)16-10-8-15(7-4-2)9-11-16/h15-18H,3-14H2,1-2H3. The lowest BCUT2D eigenvalue weighted by Gasteiger charge is -2.37. The van der Waals surface area contributed by atoms with Crippen LogP contribution in [0.25, 0.3) is 0 Å². The SMILES string of the molecule is CCCCCOC1CCC(C2CCC(CCC)CC2)OC1=O. The van der Waals surface area contributed by atoms with E-state index in [4.69, 9.17) is 9.47 Å². The number of hydrogen-bond donors (Lipinski definition) is 0. The van der Waals surface area contributed by atoms with Crippen LogP contribution in [0.5, 0.6) is 0 Å². The monoisotopic (exact) mass is 310 g/mol. The zero-order valence-electron chi connectivity index (χ0n) is 14.5. The minimum absolute atomic E-state index is 0.108. The quantitative estimate of drug-likeness (QED) is 0.474. The Morgan fingerprint density at radius 1 is 1.00 bits per heavy atom. The summed E-state index contributed by atoms with van der Waals surface area (Å²) in [6.07, 6.45) is 12.9. The van der Waals surface area contributed by atoms with E-state index in [9.17, 15) is 4.79 Å². The maximum Gasteiger partial charge on any atom is 0.335 e. The fourth-order valence-electron chi connectivity index (χ4n) is 4.04. The van der Waals surface area contributed by atoms with Gasteiger partial charge in [0.2, 0.25) is 0 Å². The first-order valence-corrected chi connectivity index (χ1v) is 9.56. The van der Waals surface area contributed by atoms with Crippen LogP contribution >= 0.6 is 0 Å². The summed E-state index contributed by atoms with van der Waals surface area (Å²) in [5.74, 6) is 1.40. The molecule has 2 rings (SSSR count). The van der Waals surface area contributed by atoms with Gasteiger partial charge in [-0.1, -0.05) is 52.4 Å². The molecule has 0 radical (unpaired) electrons. The van der Waals surface area contributed by atoms with Gasteiger partial charge in [-0.25, -0.2) is 4.79 Å². The molecule has 1 saturated heterocycles. The van der Waals surface area contributed by atoms with Crippen LogP contribution in [0, 0.1) is 11.8 Å². The van der Waals surface area contributed by atoms with E-state index in [1.165, 1.54) is 51.4 Å². The summed E-state index contributed by atoms with van der Waals surface area (Å²) in [7, 11) is 0. The molecule has 1 saturated carbocycles. The average Bonchev–Trinajstić information content (AvgIpc) is 2.54. The van der Waals surface area contributed by atoms with Gasteiger partial charge in [-0.2, -0.15) is 0 Å². The normalized spacial score (nSPS) is 32.7. The molecule has 2 fully saturated rings. The molecule has 2 atom stereocenters. The molecule has 0 bridgehead atoms. The molecule has 2 unspecified atom stereocenters. The lowest BCUT2D eigenvalue weighted by atomic mass is 9.76. The third-order valence-corrected chi connectivity index (χ3v) is 5.42. The number of unbranched alkanes of at least 4 members (excludes halogenated alkanes) is 2. The van der Waals surface area contributed by atoms with E-state index in [0.717, 1.165) is 25.2 Å². The maximum absolute atomic E-state index is 12.1. The summed E-state index contributed by atoms with van der Waals surface area (Å²) >= 11 is 0. The first kappa shape index (κ1) is 17.8. The van der Waals surface area contributed by atoms with Crippen molar-refractivity contribution in [3.05, 3.63) is 0 Å². The Labute approximate surface area is 136 Å². The predicted octanol–water partition coefficient (Wildman–Crippen LogP) is 4.87. The summed E-state index contributed by atoms with van der Waals surface area (Å²) in [6, 6.07) is 0. The number of rotatable bonds is 8. The van der Waals surface area contributed by atoms with Gasteiger partial charge in [-0.05, 0) is 43.9 Å². The van der Waals surface area contributed by atoms with Gasteiger partial charge >= 0.3 is 5.97 Å². The number of esters is 1. The molecule has 0 aromatic rings. The highest BCUT2D eigenvalue weighted by atomic mass is 16.6. The molecule has 1 aliphatic carbocycles. The highest BCUT2D eigenvalue weighted by Gasteiger charge is 2.36. The Morgan fingerprint density at radius 3 is 2.41 bits per heavy atom. The topological polar surface area (TPSA) is 35.5 Å². The molecule has 0 N–H and O–H groups in total. The van der Waals surface area contributed by atoms with Gasteiger partial charge in [0.05, 0.1) is 0 Å². The summed E-state index contributed by atoms with van der Waals surface area (Å²) in [5, 5.41) is 0. The third kappa shape index (κ3) is 5.26. The van der Waals surface area contributed by atoms with Crippen LogP contribution in [0.15, 0.2) is 0 Å². The largest absolute Gasteiger partial charge is 0.460 e. The van der Waals surface area contributed by atoms with Crippen molar-refractivity contribution in [2.24, 2.45) is 11.8 Å². The summed E-state index contributed by atoms with van der Waals surface area (Å²) in [4.78, 5) is 12.1. The zero-order valence-corrected chi connectivity index (χ0v) is 14.5. The van der Waals surface area contributed by atoms with E-state index in [1.807, 2.05) is 0 Å². The van der Waals surface area contributed by atoms with E-state index in [-0.39, 0.29) is 18.2 Å². The molecule has 1 aliphatic heterocycles. The smallest absolute Gasteiger partial charge is 0.335 e. The van der Waals surface area contributed by atoms with Crippen molar-refractivity contribution in [1.29, 1.82) is 0 Å². The Morgan fingerprint density at radius 2 is 1.77 bits per heavy atom. The Bertz CT molecular complexity index is 321. The first-order valence-electron chi connectivity index (χ1n) is 9.56. The molecule has 3 heteroatoms. The van der Waals surface area contributed by atoms with Crippen molar-refractivity contribution in [3.63, 3.8) is 0 Å². The van der Waals surface area contributed by atoms with E-state index in [2.05, 4.69) is 13.8 Å². The van der Waals surface area contributed by atoms with E-state index in [0.29, 0.717) is 12.5 Å². The Balaban J connectivity index is 1.68. The Hall–Kier alpha value is -0.570. The highest BCUT2D eigenvalue weighted by Crippen LogP contribution is 2.37. The van der Waals surface area contributed by atoms with Crippen LogP contribution in [0.4, 0.5) is 0 Å². The van der Waals surface area contributed by atoms with Crippen molar-refractivity contribution < 1.29 is 14.3 Å². The summed E-state index contributed by atoms with van der Waals surface area (Å²) in [5.41, 5.74) is 0. The van der Waals surface area contributed by atoms with Gasteiger partial charge < -0.3 is 9.47 Å². The van der Waals surface area contributed by atoms with Gasteiger partial charge in [-0.3, -0.25) is 0 Å². The number of carbonyl (C=O) groups excluding carboxylic acids is 1. The molecule has 0 aromatic heterocycles. The van der Waals surface area contributed by atoms with E-state index >= 15 is 0 Å². The molecule has 1 heterocycles. The molecule has 0 amide bonds. The fourth-order valence-corrected chi connectivity index (χ4v) is 4.04. The van der Waals surface area contributed by atoms with Crippen molar-refractivity contribution in [2.45, 2.75) is 96.7 Å². The second-order valence-corrected chi connectivity index (χ2v) is 7.19. The van der Waals surface area contributed by atoms with Crippen LogP contribution in [0.3, 0.4) is 0 Å². The molecule has 22 heavy (non-hydrogen) atoms. The molecular formula is C19H34O3. The zero-order chi connectivity index (χ0) is 15.8. The predicted molar refractivity (Wildman–Crippen MR) is 88.7 cm³/mol. The second-order valence-electron chi connectivity index (χ2n) is 7.19. The Kier molecular flexibility index (Phi) is 7.71.